The standard InChI is InChI=1S/C17H18N3OS.C3H7.U/c1-18(2)12-5-7-14-16(9-12)22-17-10-13(19(3)4)6-8-15(17)20(14)11-21;1-3-2;/h5-10H,1-4H3;3H,1-2H3;/q2*-1;+2. The largest absolute Gasteiger partial charge is 2.00 e. The van der Waals surface area contributed by atoms with E-state index in [-0.39, 0.29) is 31.1 Å². The fraction of sp³-hybridized carbons (Fsp3) is 0.300. The summed E-state index contributed by atoms with van der Waals surface area (Å²) in [4.78, 5) is 19.3. The van der Waals surface area contributed by atoms with E-state index in [0.29, 0.717) is 0 Å². The monoisotopic (exact) mass is 593 g/mol. The van der Waals surface area contributed by atoms with Crippen molar-refractivity contribution in [3.05, 3.63) is 42.8 Å². The number of fused-ring (bicyclic) bond motifs is 2. The van der Waals surface area contributed by atoms with Crippen molar-refractivity contribution in [2.45, 2.75) is 23.6 Å². The molecule has 0 aromatic heterocycles. The van der Waals surface area contributed by atoms with E-state index in [1.807, 2.05) is 72.7 Å². The van der Waals surface area contributed by atoms with E-state index in [1.54, 1.807) is 16.7 Å². The number of rotatable bonds is 3. The third-order valence-corrected chi connectivity index (χ3v) is 4.81. The molecule has 0 N–H and O–H groups in total. The van der Waals surface area contributed by atoms with Gasteiger partial charge in [0.1, 0.15) is 6.41 Å². The molecule has 0 saturated carbocycles. The molecule has 0 spiro atoms. The SMILES string of the molecule is CN(C)c1ccc2c(c1)Sc1cc(N(C)C)ccc1N2[C-]=O.C[CH-]C.[U+2]. The zero-order valence-corrected chi connectivity index (χ0v) is 21.2. The van der Waals surface area contributed by atoms with Crippen molar-refractivity contribution < 1.29 is 35.9 Å². The molecule has 0 saturated heterocycles. The maximum atomic E-state index is 11.5. The van der Waals surface area contributed by atoms with Crippen molar-refractivity contribution in [1.82, 2.24) is 0 Å². The molecule has 0 fully saturated rings. The third kappa shape index (κ3) is 5.00. The van der Waals surface area contributed by atoms with Crippen LogP contribution in [0.4, 0.5) is 22.7 Å². The Labute approximate surface area is 185 Å². The summed E-state index contributed by atoms with van der Waals surface area (Å²) in [6.45, 7) is 4.00. The molecule has 6 heteroatoms. The van der Waals surface area contributed by atoms with E-state index in [4.69, 9.17) is 0 Å². The Morgan fingerprint density at radius 2 is 1.27 bits per heavy atom. The average Bonchev–Trinajstić information content (AvgIpc) is 2.59. The number of hydrogen-bond donors (Lipinski definition) is 0. The smallest absolute Gasteiger partial charge is 0.442 e. The minimum atomic E-state index is 0. The van der Waals surface area contributed by atoms with E-state index in [0.717, 1.165) is 32.5 Å². The van der Waals surface area contributed by atoms with Gasteiger partial charge in [-0.3, -0.25) is 0 Å². The van der Waals surface area contributed by atoms with Crippen LogP contribution in [-0.4, -0.2) is 34.6 Å². The third-order valence-electron chi connectivity index (χ3n) is 3.71. The van der Waals surface area contributed by atoms with Crippen molar-refractivity contribution in [3.8, 4) is 0 Å². The van der Waals surface area contributed by atoms with Gasteiger partial charge in [-0.2, -0.15) is 13.8 Å². The Hall–Kier alpha value is -1.09. The molecule has 0 atom stereocenters. The molecule has 4 nitrogen and oxygen atoms in total. The zero-order valence-electron chi connectivity index (χ0n) is 16.2. The Kier molecular flexibility index (Phi) is 9.09. The summed E-state index contributed by atoms with van der Waals surface area (Å²) in [6.07, 6.45) is 4.06. The van der Waals surface area contributed by atoms with Crippen LogP contribution in [0.25, 0.3) is 0 Å². The molecule has 0 unspecified atom stereocenters. The molecule has 0 radical (unpaired) electrons. The quantitative estimate of drug-likeness (QED) is 0.482. The minimum absolute atomic E-state index is 0. The number of hydrogen-bond acceptors (Lipinski definition) is 4. The summed E-state index contributed by atoms with van der Waals surface area (Å²) < 4.78 is 0. The summed E-state index contributed by atoms with van der Waals surface area (Å²) in [5.41, 5.74) is 4.00. The predicted octanol–water partition coefficient (Wildman–Crippen LogP) is 4.72. The van der Waals surface area contributed by atoms with Gasteiger partial charge in [0, 0.05) is 39.6 Å². The first kappa shape index (κ1) is 23.0. The second-order valence-corrected chi connectivity index (χ2v) is 7.28. The second-order valence-electron chi connectivity index (χ2n) is 6.20. The van der Waals surface area contributed by atoms with Crippen LogP contribution in [0.15, 0.2) is 46.2 Å². The van der Waals surface area contributed by atoms with Crippen LogP contribution in [0, 0.1) is 37.5 Å². The second kappa shape index (κ2) is 10.3. The van der Waals surface area contributed by atoms with Crippen LogP contribution in [0.5, 0.6) is 0 Å². The molecule has 136 valence electrons. The van der Waals surface area contributed by atoms with Crippen molar-refractivity contribution in [2.75, 3.05) is 42.9 Å². The van der Waals surface area contributed by atoms with E-state index in [2.05, 4.69) is 28.3 Å². The number of nitrogens with zero attached hydrogens (tertiary/aromatic N) is 3. The van der Waals surface area contributed by atoms with Crippen molar-refractivity contribution in [1.29, 1.82) is 0 Å². The van der Waals surface area contributed by atoms with Crippen LogP contribution in [0.2, 0.25) is 0 Å². The van der Waals surface area contributed by atoms with Gasteiger partial charge >= 0.3 is 31.1 Å². The van der Waals surface area contributed by atoms with Crippen molar-refractivity contribution in [2.24, 2.45) is 0 Å². The van der Waals surface area contributed by atoms with Crippen LogP contribution in [0.3, 0.4) is 0 Å². The molecule has 1 amide bonds. The minimum Gasteiger partial charge on any atom is -0.442 e. The molecule has 26 heavy (non-hydrogen) atoms. The summed E-state index contributed by atoms with van der Waals surface area (Å²) in [5, 5.41) is 0. The summed E-state index contributed by atoms with van der Waals surface area (Å²) in [5.74, 6) is 0. The van der Waals surface area contributed by atoms with Crippen molar-refractivity contribution >= 4 is 40.9 Å². The first-order valence-corrected chi connectivity index (χ1v) is 8.97. The molecular weight excluding hydrogens is 568 g/mol. The fourth-order valence-electron chi connectivity index (χ4n) is 2.44. The fourth-order valence-corrected chi connectivity index (χ4v) is 3.57. The first-order chi connectivity index (χ1) is 11.9. The molecule has 0 bridgehead atoms. The molecule has 1 aliphatic rings. The number of amides is 1. The van der Waals surface area contributed by atoms with E-state index in [9.17, 15) is 4.79 Å². The van der Waals surface area contributed by atoms with Gasteiger partial charge < -0.3 is 25.9 Å². The first-order valence-electron chi connectivity index (χ1n) is 8.15. The summed E-state index contributed by atoms with van der Waals surface area (Å²) >= 11 is 1.69. The molecule has 2 aromatic carbocycles. The number of benzene rings is 2. The zero-order chi connectivity index (χ0) is 18.6. The summed E-state index contributed by atoms with van der Waals surface area (Å²) in [6, 6.07) is 12.2. The number of carbonyl (C=O) groups excluding carboxylic acids is 1. The summed E-state index contributed by atoms with van der Waals surface area (Å²) in [7, 11) is 8.04. The Balaban J connectivity index is 0.000000791. The van der Waals surface area contributed by atoms with Crippen LogP contribution < -0.4 is 14.7 Å². The maximum absolute atomic E-state index is 11.5. The van der Waals surface area contributed by atoms with Gasteiger partial charge in [-0.25, -0.2) is 0 Å². The van der Waals surface area contributed by atoms with E-state index < -0.39 is 0 Å². The van der Waals surface area contributed by atoms with Gasteiger partial charge in [-0.05, 0) is 45.4 Å². The van der Waals surface area contributed by atoms with Gasteiger partial charge in [0.2, 0.25) is 0 Å². The molecular formula is C20H25N3OSU. The van der Waals surface area contributed by atoms with E-state index >= 15 is 0 Å². The number of anilines is 4. The van der Waals surface area contributed by atoms with Gasteiger partial charge in [-0.1, -0.05) is 12.1 Å². The van der Waals surface area contributed by atoms with Gasteiger partial charge in [0.15, 0.2) is 0 Å². The van der Waals surface area contributed by atoms with E-state index in [1.165, 1.54) is 0 Å². The Morgan fingerprint density at radius 1 is 0.885 bits per heavy atom. The maximum Gasteiger partial charge on any atom is 2.00 e. The van der Waals surface area contributed by atoms with Crippen LogP contribution in [0.1, 0.15) is 13.8 Å². The molecule has 2 aromatic rings. The van der Waals surface area contributed by atoms with Gasteiger partial charge in [0.25, 0.3) is 0 Å². The van der Waals surface area contributed by atoms with Gasteiger partial charge in [0.05, 0.1) is 0 Å². The Morgan fingerprint density at radius 3 is 1.58 bits per heavy atom. The molecule has 0 aliphatic carbocycles. The predicted molar refractivity (Wildman–Crippen MR) is 109 cm³/mol. The molecule has 1 aliphatic heterocycles. The van der Waals surface area contributed by atoms with Crippen molar-refractivity contribution in [3.63, 3.8) is 0 Å². The molecule has 1 heterocycles. The molecule has 3 rings (SSSR count). The van der Waals surface area contributed by atoms with Crippen LogP contribution >= 0.6 is 11.8 Å². The normalized spacial score (nSPS) is 11.2. The van der Waals surface area contributed by atoms with Crippen LogP contribution in [-0.2, 0) is 4.79 Å². The van der Waals surface area contributed by atoms with Gasteiger partial charge in [-0.15, -0.1) is 11.8 Å². The topological polar surface area (TPSA) is 26.8 Å². The average molecular weight is 594 g/mol. The Bertz CT molecular complexity index is 692.